The van der Waals surface area contributed by atoms with Crippen LogP contribution < -0.4 is 26.2 Å². The van der Waals surface area contributed by atoms with Gasteiger partial charge in [-0.15, -0.1) is 11.3 Å². The zero-order valence-electron chi connectivity index (χ0n) is 32.7. The van der Waals surface area contributed by atoms with Gasteiger partial charge in [0.1, 0.15) is 5.01 Å². The number of benzene rings is 6. The number of thiazole rings is 1. The Morgan fingerprint density at radius 1 is 0.518 bits per heavy atom. The summed E-state index contributed by atoms with van der Waals surface area (Å²) in [7, 11) is 0. The zero-order chi connectivity index (χ0) is 38.3. The molecule has 2 aromatic heterocycles. The third-order valence-electron chi connectivity index (χ3n) is 11.4. The van der Waals surface area contributed by atoms with Crippen molar-refractivity contribution in [3.63, 3.8) is 0 Å². The first-order valence-corrected chi connectivity index (χ1v) is 20.3. The number of pyridine rings is 1. The van der Waals surface area contributed by atoms with Gasteiger partial charge in [-0.1, -0.05) is 108 Å². The molecule has 0 aliphatic carbocycles. The van der Waals surface area contributed by atoms with E-state index in [9.17, 15) is 0 Å². The number of nitrogens with zero attached hydrogens (tertiary/aromatic N) is 4. The van der Waals surface area contributed by atoms with Crippen LogP contribution in [0.1, 0.15) is 52.7 Å². The van der Waals surface area contributed by atoms with E-state index in [2.05, 4.69) is 197 Å². The van der Waals surface area contributed by atoms with Crippen LogP contribution in [0.5, 0.6) is 0 Å². The molecule has 0 radical (unpaired) electrons. The first kappa shape index (κ1) is 34.5. The van der Waals surface area contributed by atoms with Crippen LogP contribution in [0.15, 0.2) is 152 Å². The molecule has 6 heteroatoms. The maximum absolute atomic E-state index is 5.14. The molecule has 56 heavy (non-hydrogen) atoms. The van der Waals surface area contributed by atoms with Crippen molar-refractivity contribution in [3.8, 4) is 21.8 Å². The first-order valence-electron chi connectivity index (χ1n) is 19.5. The van der Waals surface area contributed by atoms with Gasteiger partial charge in [-0.2, -0.15) is 0 Å². The normalized spacial score (nSPS) is 13.4. The van der Waals surface area contributed by atoms with E-state index < -0.39 is 0 Å². The highest BCUT2D eigenvalue weighted by atomic mass is 32.1. The van der Waals surface area contributed by atoms with Crippen molar-refractivity contribution in [1.82, 2.24) is 9.97 Å². The van der Waals surface area contributed by atoms with E-state index in [1.165, 1.54) is 55.0 Å². The van der Waals surface area contributed by atoms with Crippen molar-refractivity contribution >= 4 is 78.8 Å². The van der Waals surface area contributed by atoms with Gasteiger partial charge in [0.15, 0.2) is 0 Å². The third-order valence-corrected chi connectivity index (χ3v) is 12.5. The third kappa shape index (κ3) is 5.66. The summed E-state index contributed by atoms with van der Waals surface area (Å²) < 4.78 is 1.20. The van der Waals surface area contributed by atoms with E-state index in [4.69, 9.17) is 9.97 Å². The second-order valence-corrected chi connectivity index (χ2v) is 18.2. The van der Waals surface area contributed by atoms with Gasteiger partial charge >= 0.3 is 0 Å². The lowest BCUT2D eigenvalue weighted by Gasteiger charge is -2.45. The molecular weight excluding hydrogens is 699 g/mol. The molecule has 0 N–H and O–H groups in total. The second kappa shape index (κ2) is 12.8. The lowest BCUT2D eigenvalue weighted by atomic mass is 9.33. The quantitative estimate of drug-likeness (QED) is 0.168. The second-order valence-electron chi connectivity index (χ2n) is 17.2. The SMILES string of the molecule is CC(C)(C)c1ccnc(-c2ccc3c(c2)B2c4cc(-c5nc6ccccc6s5)ccc4N(c4ccccc4)c4cc(C(C)(C)C)cc(c42)N3c2ccccc2)c1. The molecule has 6 aromatic carbocycles. The van der Waals surface area contributed by atoms with Crippen LogP contribution in [0, 0.1) is 0 Å². The standard InChI is InChI=1S/C50H43BN4S/c1-49(2,3)34-25-26-52-41(29-34)32-21-23-42-38(27-32)51-39-28-33(48-53-40-19-13-14-20-46(40)56-48)22-24-43(39)55(37-17-11-8-12-18-37)45-31-35(50(4,5)6)30-44(47(45)51)54(42)36-15-9-7-10-16-36/h7-31H,1-6H3. The summed E-state index contributed by atoms with van der Waals surface area (Å²) in [6.45, 7) is 13.7. The number of para-hydroxylation sites is 3. The highest BCUT2D eigenvalue weighted by Gasteiger charge is 2.44. The Bertz CT molecular complexity index is 2750. The van der Waals surface area contributed by atoms with Crippen LogP contribution in [-0.2, 0) is 10.8 Å². The first-order chi connectivity index (χ1) is 27.0. The molecular formula is C50H43BN4S. The van der Waals surface area contributed by atoms with Crippen molar-refractivity contribution in [2.45, 2.75) is 52.4 Å². The summed E-state index contributed by atoms with van der Waals surface area (Å²) in [6, 6.07) is 53.5. The molecule has 4 nitrogen and oxygen atoms in total. The van der Waals surface area contributed by atoms with Gasteiger partial charge in [0.2, 0.25) is 0 Å². The molecule has 2 aliphatic rings. The Labute approximate surface area is 334 Å². The van der Waals surface area contributed by atoms with Crippen LogP contribution in [-0.4, -0.2) is 16.7 Å². The summed E-state index contributed by atoms with van der Waals surface area (Å²) in [6.07, 6.45) is 1.96. The summed E-state index contributed by atoms with van der Waals surface area (Å²) in [4.78, 5) is 15.1. The highest BCUT2D eigenvalue weighted by molar-refractivity contribution is 7.21. The Morgan fingerprint density at radius 3 is 1.66 bits per heavy atom. The minimum Gasteiger partial charge on any atom is -0.311 e. The number of hydrogen-bond donors (Lipinski definition) is 0. The van der Waals surface area contributed by atoms with E-state index in [1.54, 1.807) is 11.3 Å². The predicted octanol–water partition coefficient (Wildman–Crippen LogP) is 11.7. The van der Waals surface area contributed by atoms with Crippen molar-refractivity contribution < 1.29 is 0 Å². The average molecular weight is 743 g/mol. The van der Waals surface area contributed by atoms with Crippen LogP contribution >= 0.6 is 11.3 Å². The molecule has 0 bridgehead atoms. The maximum atomic E-state index is 5.14. The zero-order valence-corrected chi connectivity index (χ0v) is 33.5. The van der Waals surface area contributed by atoms with Crippen molar-refractivity contribution in [2.75, 3.05) is 9.80 Å². The maximum Gasteiger partial charge on any atom is 0.252 e. The van der Waals surface area contributed by atoms with Crippen LogP contribution in [0.4, 0.5) is 34.1 Å². The van der Waals surface area contributed by atoms with Crippen LogP contribution in [0.3, 0.4) is 0 Å². The summed E-state index contributed by atoms with van der Waals surface area (Å²) in [5.41, 5.74) is 17.7. The molecule has 0 atom stereocenters. The lowest BCUT2D eigenvalue weighted by molar-refractivity contribution is 0.589. The molecule has 0 saturated carbocycles. The monoisotopic (exact) mass is 742 g/mol. The molecule has 0 fully saturated rings. The molecule has 2 aliphatic heterocycles. The van der Waals surface area contributed by atoms with Gasteiger partial charge < -0.3 is 9.80 Å². The minimum atomic E-state index is -0.0867. The molecule has 0 spiro atoms. The molecule has 0 unspecified atom stereocenters. The number of fused-ring (bicyclic) bond motifs is 5. The molecule has 4 heterocycles. The molecule has 10 rings (SSSR count). The fraction of sp³-hybridized carbons (Fsp3) is 0.160. The smallest absolute Gasteiger partial charge is 0.252 e. The van der Waals surface area contributed by atoms with Crippen molar-refractivity contribution in [1.29, 1.82) is 0 Å². The summed E-state index contributed by atoms with van der Waals surface area (Å²) in [5.74, 6) is 0. The van der Waals surface area contributed by atoms with E-state index in [-0.39, 0.29) is 17.5 Å². The van der Waals surface area contributed by atoms with Gasteiger partial charge in [0, 0.05) is 45.9 Å². The Balaban J connectivity index is 1.30. The van der Waals surface area contributed by atoms with Crippen molar-refractivity contribution in [3.05, 3.63) is 163 Å². The van der Waals surface area contributed by atoms with Crippen LogP contribution in [0.25, 0.3) is 32.0 Å². The number of aromatic nitrogens is 2. The summed E-state index contributed by atoms with van der Waals surface area (Å²) >= 11 is 1.76. The fourth-order valence-corrected chi connectivity index (χ4v) is 9.45. The van der Waals surface area contributed by atoms with E-state index in [0.717, 1.165) is 38.7 Å². The molecule has 272 valence electrons. The van der Waals surface area contributed by atoms with E-state index in [0.29, 0.717) is 0 Å². The molecule has 0 amide bonds. The predicted molar refractivity (Wildman–Crippen MR) is 240 cm³/mol. The van der Waals surface area contributed by atoms with Gasteiger partial charge in [0.25, 0.3) is 6.71 Å². The molecule has 0 saturated heterocycles. The topological polar surface area (TPSA) is 32.3 Å². The van der Waals surface area contributed by atoms with E-state index >= 15 is 0 Å². The molecule has 8 aromatic rings. The number of rotatable bonds is 4. The number of anilines is 6. The Morgan fingerprint density at radius 2 is 1.07 bits per heavy atom. The largest absolute Gasteiger partial charge is 0.311 e. The number of hydrogen-bond acceptors (Lipinski definition) is 5. The fourth-order valence-electron chi connectivity index (χ4n) is 8.49. The Hall–Kier alpha value is -5.98. The Kier molecular flexibility index (Phi) is 7.88. The average Bonchev–Trinajstić information content (AvgIpc) is 3.65. The van der Waals surface area contributed by atoms with E-state index in [1.807, 2.05) is 6.20 Å². The highest BCUT2D eigenvalue weighted by Crippen LogP contribution is 2.47. The van der Waals surface area contributed by atoms with Gasteiger partial charge in [-0.3, -0.25) is 4.98 Å². The minimum absolute atomic E-state index is 0.00878. The summed E-state index contributed by atoms with van der Waals surface area (Å²) in [5, 5.41) is 1.04. The lowest BCUT2D eigenvalue weighted by Crippen LogP contribution is -2.61. The van der Waals surface area contributed by atoms with Crippen LogP contribution in [0.2, 0.25) is 0 Å². The van der Waals surface area contributed by atoms with Gasteiger partial charge in [0.05, 0.1) is 15.9 Å². The van der Waals surface area contributed by atoms with Gasteiger partial charge in [-0.05, 0) is 123 Å². The van der Waals surface area contributed by atoms with Crippen molar-refractivity contribution in [2.24, 2.45) is 0 Å². The van der Waals surface area contributed by atoms with Gasteiger partial charge in [-0.25, -0.2) is 4.98 Å².